The van der Waals surface area contributed by atoms with Crippen molar-refractivity contribution in [3.8, 4) is 5.88 Å². The van der Waals surface area contributed by atoms with Gasteiger partial charge in [0.2, 0.25) is 5.88 Å². The maximum atomic E-state index is 5.30. The third-order valence-corrected chi connectivity index (χ3v) is 1.93. The first kappa shape index (κ1) is 7.61. The Kier molecular flexibility index (Phi) is 1.77. The van der Waals surface area contributed by atoms with Crippen molar-refractivity contribution >= 4 is 15.9 Å². The summed E-state index contributed by atoms with van der Waals surface area (Å²) in [4.78, 5) is 0. The van der Waals surface area contributed by atoms with Gasteiger partial charge < -0.3 is 4.42 Å². The van der Waals surface area contributed by atoms with Crippen molar-refractivity contribution in [1.29, 1.82) is 0 Å². The Morgan fingerprint density at radius 1 is 1.42 bits per heavy atom. The van der Waals surface area contributed by atoms with Crippen molar-refractivity contribution in [2.45, 2.75) is 6.92 Å². The first-order chi connectivity index (χ1) is 5.75. The van der Waals surface area contributed by atoms with E-state index in [9.17, 15) is 0 Å². The van der Waals surface area contributed by atoms with E-state index in [1.54, 1.807) is 4.68 Å². The summed E-state index contributed by atoms with van der Waals surface area (Å²) in [6.07, 6.45) is 1.86. The summed E-state index contributed by atoms with van der Waals surface area (Å²) in [5.74, 6) is 0.718. The highest BCUT2D eigenvalue weighted by molar-refractivity contribution is 9.10. The molecular weight excluding hydrogens is 220 g/mol. The average Bonchev–Trinajstić information content (AvgIpc) is 2.58. The molecule has 62 valence electrons. The lowest BCUT2D eigenvalue weighted by molar-refractivity contribution is 0.501. The molecule has 0 amide bonds. The summed E-state index contributed by atoms with van der Waals surface area (Å²) >= 11 is 3.23. The van der Waals surface area contributed by atoms with Crippen LogP contribution in [0.25, 0.3) is 5.88 Å². The van der Waals surface area contributed by atoms with Crippen molar-refractivity contribution in [3.63, 3.8) is 0 Å². The van der Waals surface area contributed by atoms with Crippen LogP contribution in [0.5, 0.6) is 0 Å². The van der Waals surface area contributed by atoms with Crippen molar-refractivity contribution in [2.24, 2.45) is 0 Å². The SMILES string of the molecule is Cc1ccn(-c2ccc(Br)o2)n1. The molecule has 0 saturated carbocycles. The van der Waals surface area contributed by atoms with Crippen molar-refractivity contribution < 1.29 is 4.42 Å². The lowest BCUT2D eigenvalue weighted by atomic mass is 10.5. The van der Waals surface area contributed by atoms with Crippen LogP contribution in [0.15, 0.2) is 33.5 Å². The van der Waals surface area contributed by atoms with Gasteiger partial charge in [0.05, 0.1) is 5.69 Å². The summed E-state index contributed by atoms with van der Waals surface area (Å²) in [6.45, 7) is 1.94. The lowest BCUT2D eigenvalue weighted by Gasteiger charge is -1.92. The fourth-order valence-electron chi connectivity index (χ4n) is 0.966. The highest BCUT2D eigenvalue weighted by Gasteiger charge is 2.01. The first-order valence-electron chi connectivity index (χ1n) is 3.54. The molecule has 0 spiro atoms. The van der Waals surface area contributed by atoms with Crippen LogP contribution < -0.4 is 0 Å². The van der Waals surface area contributed by atoms with Crippen molar-refractivity contribution in [3.05, 3.63) is 34.8 Å². The predicted octanol–water partition coefficient (Wildman–Crippen LogP) is 2.54. The minimum Gasteiger partial charge on any atom is -0.432 e. The molecule has 0 saturated heterocycles. The van der Waals surface area contributed by atoms with Crippen LogP contribution >= 0.6 is 15.9 Å². The summed E-state index contributed by atoms with van der Waals surface area (Å²) < 4.78 is 7.71. The standard InChI is InChI=1S/C8H7BrN2O/c1-6-4-5-11(10-6)8-3-2-7(9)12-8/h2-5H,1H3. The largest absolute Gasteiger partial charge is 0.432 e. The van der Waals surface area contributed by atoms with Crippen LogP contribution in [0, 0.1) is 6.92 Å². The molecule has 2 aromatic heterocycles. The van der Waals surface area contributed by atoms with E-state index < -0.39 is 0 Å². The smallest absolute Gasteiger partial charge is 0.221 e. The Labute approximate surface area is 78.1 Å². The van der Waals surface area contributed by atoms with E-state index in [4.69, 9.17) is 4.42 Å². The van der Waals surface area contributed by atoms with Gasteiger partial charge in [-0.3, -0.25) is 0 Å². The van der Waals surface area contributed by atoms with Crippen LogP contribution in [-0.4, -0.2) is 9.78 Å². The molecule has 0 aliphatic heterocycles. The van der Waals surface area contributed by atoms with Gasteiger partial charge in [-0.2, -0.15) is 5.10 Å². The number of aromatic nitrogens is 2. The number of rotatable bonds is 1. The van der Waals surface area contributed by atoms with Crippen LogP contribution in [0.2, 0.25) is 0 Å². The molecule has 2 aromatic rings. The molecule has 0 fully saturated rings. The zero-order chi connectivity index (χ0) is 8.55. The molecule has 2 heterocycles. The molecule has 0 aliphatic rings. The van der Waals surface area contributed by atoms with E-state index in [1.807, 2.05) is 31.3 Å². The van der Waals surface area contributed by atoms with Gasteiger partial charge in [-0.05, 0) is 35.0 Å². The molecule has 0 N–H and O–H groups in total. The van der Waals surface area contributed by atoms with Crippen molar-refractivity contribution in [1.82, 2.24) is 9.78 Å². The van der Waals surface area contributed by atoms with Gasteiger partial charge in [0.15, 0.2) is 4.67 Å². The lowest BCUT2D eigenvalue weighted by Crippen LogP contribution is -1.91. The predicted molar refractivity (Wildman–Crippen MR) is 48.3 cm³/mol. The average molecular weight is 227 g/mol. The van der Waals surface area contributed by atoms with Gasteiger partial charge >= 0.3 is 0 Å². The van der Waals surface area contributed by atoms with Gasteiger partial charge in [-0.1, -0.05) is 0 Å². The van der Waals surface area contributed by atoms with E-state index in [0.717, 1.165) is 11.6 Å². The maximum absolute atomic E-state index is 5.30. The summed E-state index contributed by atoms with van der Waals surface area (Å²) in [7, 11) is 0. The molecule has 0 radical (unpaired) electrons. The second-order valence-electron chi connectivity index (χ2n) is 2.48. The maximum Gasteiger partial charge on any atom is 0.221 e. The van der Waals surface area contributed by atoms with E-state index in [1.165, 1.54) is 0 Å². The molecule has 0 bridgehead atoms. The molecule has 0 aliphatic carbocycles. The number of furan rings is 1. The number of halogens is 1. The molecule has 3 nitrogen and oxygen atoms in total. The minimum absolute atomic E-state index is 0.714. The molecular formula is C8H7BrN2O. The summed E-state index contributed by atoms with van der Waals surface area (Å²) in [5.41, 5.74) is 0.975. The van der Waals surface area contributed by atoms with Gasteiger partial charge in [0.1, 0.15) is 0 Å². The van der Waals surface area contributed by atoms with E-state index in [2.05, 4.69) is 21.0 Å². The van der Waals surface area contributed by atoms with Gasteiger partial charge in [-0.25, -0.2) is 4.68 Å². The van der Waals surface area contributed by atoms with E-state index >= 15 is 0 Å². The normalized spacial score (nSPS) is 10.5. The first-order valence-corrected chi connectivity index (χ1v) is 4.33. The molecule has 0 unspecified atom stereocenters. The topological polar surface area (TPSA) is 31.0 Å². The number of hydrogen-bond donors (Lipinski definition) is 0. The van der Waals surface area contributed by atoms with Gasteiger partial charge in [0, 0.05) is 12.3 Å². The summed E-state index contributed by atoms with van der Waals surface area (Å²) in [6, 6.07) is 5.62. The fraction of sp³-hybridized carbons (Fsp3) is 0.125. The van der Waals surface area contributed by atoms with Crippen LogP contribution in [0.1, 0.15) is 5.69 Å². The number of aryl methyl sites for hydroxylation is 1. The highest BCUT2D eigenvalue weighted by Crippen LogP contribution is 2.16. The second kappa shape index (κ2) is 2.79. The summed E-state index contributed by atoms with van der Waals surface area (Å²) in [5, 5.41) is 4.20. The molecule has 12 heavy (non-hydrogen) atoms. The Morgan fingerprint density at radius 3 is 2.75 bits per heavy atom. The van der Waals surface area contributed by atoms with E-state index in [0.29, 0.717) is 4.67 Å². The van der Waals surface area contributed by atoms with Crippen LogP contribution in [0.3, 0.4) is 0 Å². The Balaban J connectivity index is 2.43. The van der Waals surface area contributed by atoms with Gasteiger partial charge in [0.25, 0.3) is 0 Å². The van der Waals surface area contributed by atoms with Crippen molar-refractivity contribution in [2.75, 3.05) is 0 Å². The molecule has 2 rings (SSSR count). The fourth-order valence-corrected chi connectivity index (χ4v) is 1.26. The Morgan fingerprint density at radius 2 is 2.25 bits per heavy atom. The number of hydrogen-bond acceptors (Lipinski definition) is 2. The van der Waals surface area contributed by atoms with Crippen LogP contribution in [-0.2, 0) is 0 Å². The molecule has 4 heteroatoms. The third-order valence-electron chi connectivity index (χ3n) is 1.51. The van der Waals surface area contributed by atoms with Gasteiger partial charge in [-0.15, -0.1) is 0 Å². The zero-order valence-electron chi connectivity index (χ0n) is 6.49. The number of nitrogens with zero attached hydrogens (tertiary/aromatic N) is 2. The monoisotopic (exact) mass is 226 g/mol. The van der Waals surface area contributed by atoms with Crippen LogP contribution in [0.4, 0.5) is 0 Å². The third kappa shape index (κ3) is 1.30. The van der Waals surface area contributed by atoms with E-state index in [-0.39, 0.29) is 0 Å². The zero-order valence-corrected chi connectivity index (χ0v) is 8.08. The Hall–Kier alpha value is -1.03. The molecule has 0 aromatic carbocycles. The quantitative estimate of drug-likeness (QED) is 0.749. The molecule has 0 atom stereocenters. The minimum atomic E-state index is 0.714. The second-order valence-corrected chi connectivity index (χ2v) is 3.26. The Bertz CT molecular complexity index is 353. The highest BCUT2D eigenvalue weighted by atomic mass is 79.9.